The first-order chi connectivity index (χ1) is 15.3. The molecule has 2 aliphatic heterocycles. The smallest absolute Gasteiger partial charge is 0.402 e. The molecule has 2 aliphatic rings. The van der Waals surface area contributed by atoms with Gasteiger partial charge in [-0.2, -0.15) is 13.2 Å². The van der Waals surface area contributed by atoms with Gasteiger partial charge in [0.2, 0.25) is 5.90 Å². The van der Waals surface area contributed by atoms with Crippen LogP contribution in [-0.2, 0) is 15.7 Å². The Morgan fingerprint density at radius 1 is 1.00 bits per heavy atom. The molecule has 10 heteroatoms. The molecule has 0 atom stereocenters. The molecular weight excluding hydrogens is 425 g/mol. The van der Waals surface area contributed by atoms with E-state index in [1.54, 1.807) is 21.9 Å². The number of carbonyl (C=O) groups is 2. The number of aliphatic imine (C=N–C) groups is 1. The van der Waals surface area contributed by atoms with Crippen LogP contribution in [0.25, 0.3) is 0 Å². The number of para-hydroxylation sites is 1. The fourth-order valence-corrected chi connectivity index (χ4v) is 3.38. The molecule has 0 bridgehead atoms. The fourth-order valence-electron chi connectivity index (χ4n) is 3.38. The van der Waals surface area contributed by atoms with Crippen molar-refractivity contribution in [2.45, 2.75) is 6.18 Å². The first kappa shape index (κ1) is 21.4. The van der Waals surface area contributed by atoms with Gasteiger partial charge in [0.25, 0.3) is 0 Å². The number of nitrogens with zero attached hydrogens (tertiary/aromatic N) is 3. The lowest BCUT2D eigenvalue weighted by molar-refractivity contribution is -0.138. The van der Waals surface area contributed by atoms with Crippen LogP contribution in [-0.4, -0.2) is 53.9 Å². The highest BCUT2D eigenvalue weighted by atomic mass is 19.4. The van der Waals surface area contributed by atoms with Gasteiger partial charge in [-0.1, -0.05) is 30.3 Å². The van der Waals surface area contributed by atoms with Gasteiger partial charge in [0.1, 0.15) is 0 Å². The second kappa shape index (κ2) is 8.74. The van der Waals surface area contributed by atoms with Gasteiger partial charge >= 0.3 is 18.2 Å². The maximum absolute atomic E-state index is 13.3. The molecule has 2 heterocycles. The number of esters is 1. The number of cyclic esters (lactones) is 1. The average molecular weight is 444 g/mol. The molecule has 7 nitrogen and oxygen atoms in total. The Balaban J connectivity index is 1.42. The van der Waals surface area contributed by atoms with Crippen molar-refractivity contribution < 1.29 is 27.5 Å². The van der Waals surface area contributed by atoms with Gasteiger partial charge in [0, 0.05) is 43.6 Å². The van der Waals surface area contributed by atoms with E-state index in [-0.39, 0.29) is 23.2 Å². The van der Waals surface area contributed by atoms with E-state index in [0.29, 0.717) is 31.9 Å². The lowest BCUT2D eigenvalue weighted by atomic mass is 10.1. The Hall–Kier alpha value is -3.82. The summed E-state index contributed by atoms with van der Waals surface area (Å²) in [5, 5.41) is 2.81. The molecule has 2 amide bonds. The van der Waals surface area contributed by atoms with E-state index in [2.05, 4.69) is 10.3 Å². The Kier molecular flexibility index (Phi) is 5.85. The van der Waals surface area contributed by atoms with E-state index in [0.717, 1.165) is 6.07 Å². The molecule has 0 unspecified atom stereocenters. The SMILES string of the molecule is O=C1OC(c2ccccc2C(F)(F)F)=NC1=CN1CCN(C(=O)Nc2ccccc2)CC1. The maximum Gasteiger partial charge on any atom is 0.417 e. The molecule has 2 aromatic rings. The minimum Gasteiger partial charge on any atom is -0.402 e. The van der Waals surface area contributed by atoms with Gasteiger partial charge < -0.3 is 19.9 Å². The van der Waals surface area contributed by atoms with Crippen LogP contribution in [0.2, 0.25) is 0 Å². The Morgan fingerprint density at radius 3 is 2.34 bits per heavy atom. The van der Waals surface area contributed by atoms with E-state index >= 15 is 0 Å². The number of rotatable bonds is 3. The van der Waals surface area contributed by atoms with Gasteiger partial charge in [-0.3, -0.25) is 0 Å². The summed E-state index contributed by atoms with van der Waals surface area (Å²) < 4.78 is 44.8. The van der Waals surface area contributed by atoms with Gasteiger partial charge in [-0.05, 0) is 24.3 Å². The van der Waals surface area contributed by atoms with Gasteiger partial charge in [0.05, 0.1) is 5.56 Å². The minimum atomic E-state index is -4.60. The summed E-state index contributed by atoms with van der Waals surface area (Å²) in [6, 6.07) is 13.6. The van der Waals surface area contributed by atoms with Crippen LogP contribution in [0.4, 0.5) is 23.7 Å². The summed E-state index contributed by atoms with van der Waals surface area (Å²) in [7, 11) is 0. The number of nitrogens with one attached hydrogen (secondary N) is 1. The lowest BCUT2D eigenvalue weighted by Gasteiger charge is -2.34. The molecule has 1 fully saturated rings. The van der Waals surface area contributed by atoms with Gasteiger partial charge in [0.15, 0.2) is 5.70 Å². The van der Waals surface area contributed by atoms with Gasteiger partial charge in [-0.25, -0.2) is 14.6 Å². The van der Waals surface area contributed by atoms with Crippen molar-refractivity contribution >= 4 is 23.6 Å². The van der Waals surface area contributed by atoms with E-state index in [1.165, 1.54) is 24.4 Å². The van der Waals surface area contributed by atoms with Crippen LogP contribution in [0, 0.1) is 0 Å². The normalized spacial score (nSPS) is 17.9. The molecular formula is C22H19F3N4O3. The summed E-state index contributed by atoms with van der Waals surface area (Å²) in [4.78, 5) is 32.0. The van der Waals surface area contributed by atoms with Crippen molar-refractivity contribution in [2.24, 2.45) is 4.99 Å². The quantitative estimate of drug-likeness (QED) is 0.579. The monoisotopic (exact) mass is 444 g/mol. The number of benzene rings is 2. The number of halogens is 3. The molecule has 2 aromatic carbocycles. The maximum atomic E-state index is 13.3. The molecule has 0 aliphatic carbocycles. The van der Waals surface area contributed by atoms with E-state index < -0.39 is 17.7 Å². The minimum absolute atomic E-state index is 0.0841. The van der Waals surface area contributed by atoms with E-state index in [4.69, 9.17) is 4.74 Å². The topological polar surface area (TPSA) is 74.2 Å². The van der Waals surface area contributed by atoms with E-state index in [1.807, 2.05) is 18.2 Å². The third-order valence-corrected chi connectivity index (χ3v) is 5.01. The zero-order chi connectivity index (χ0) is 22.7. The number of anilines is 1. The second-order valence-electron chi connectivity index (χ2n) is 7.18. The molecule has 0 aromatic heterocycles. The van der Waals surface area contributed by atoms with Crippen molar-refractivity contribution in [1.82, 2.24) is 9.80 Å². The third-order valence-electron chi connectivity index (χ3n) is 5.01. The molecule has 1 N–H and O–H groups in total. The number of piperazine rings is 1. The van der Waals surface area contributed by atoms with E-state index in [9.17, 15) is 22.8 Å². The van der Waals surface area contributed by atoms with Crippen molar-refractivity contribution in [3.05, 3.63) is 77.6 Å². The molecule has 0 spiro atoms. The molecule has 4 rings (SSSR count). The third kappa shape index (κ3) is 4.74. The predicted molar refractivity (Wildman–Crippen MR) is 111 cm³/mol. The summed E-state index contributed by atoms with van der Waals surface area (Å²) in [5.41, 5.74) is -0.610. The second-order valence-corrected chi connectivity index (χ2v) is 7.18. The Labute approximate surface area is 181 Å². The van der Waals surface area contributed by atoms with Crippen LogP contribution in [0.15, 0.2) is 71.5 Å². The Bertz CT molecular complexity index is 1080. The summed E-state index contributed by atoms with van der Waals surface area (Å²) in [5.74, 6) is -1.20. The van der Waals surface area contributed by atoms with Crippen molar-refractivity contribution in [1.29, 1.82) is 0 Å². The van der Waals surface area contributed by atoms with Gasteiger partial charge in [-0.15, -0.1) is 0 Å². The van der Waals surface area contributed by atoms with Crippen molar-refractivity contribution in [3.63, 3.8) is 0 Å². The number of carbonyl (C=O) groups excluding carboxylic acids is 2. The van der Waals surface area contributed by atoms with Crippen LogP contribution < -0.4 is 5.32 Å². The van der Waals surface area contributed by atoms with Crippen LogP contribution >= 0.6 is 0 Å². The number of hydrogen-bond acceptors (Lipinski definition) is 5. The zero-order valence-electron chi connectivity index (χ0n) is 16.8. The summed E-state index contributed by atoms with van der Waals surface area (Å²) >= 11 is 0. The fraction of sp³-hybridized carbons (Fsp3) is 0.227. The number of ether oxygens (including phenoxy) is 1. The first-order valence-electron chi connectivity index (χ1n) is 9.85. The lowest BCUT2D eigenvalue weighted by Crippen LogP contribution is -2.48. The van der Waals surface area contributed by atoms with Crippen molar-refractivity contribution in [2.75, 3.05) is 31.5 Å². The highest BCUT2D eigenvalue weighted by molar-refractivity contribution is 6.11. The highest BCUT2D eigenvalue weighted by Gasteiger charge is 2.37. The van der Waals surface area contributed by atoms with Crippen molar-refractivity contribution in [3.8, 4) is 0 Å². The molecule has 0 saturated carbocycles. The largest absolute Gasteiger partial charge is 0.417 e. The number of urea groups is 1. The first-order valence-corrected chi connectivity index (χ1v) is 9.85. The molecule has 166 valence electrons. The zero-order valence-corrected chi connectivity index (χ0v) is 16.8. The average Bonchev–Trinajstić information content (AvgIpc) is 3.14. The Morgan fingerprint density at radius 2 is 1.66 bits per heavy atom. The standard InChI is InChI=1S/C22H19F3N4O3/c23-22(24,25)17-9-5-4-8-16(17)19-27-18(20(30)32-19)14-28-10-12-29(13-11-28)21(31)26-15-6-2-1-3-7-15/h1-9,14H,10-13H2,(H,26,31). The molecule has 1 saturated heterocycles. The number of amides is 2. The van der Waals surface area contributed by atoms with Crippen LogP contribution in [0.3, 0.4) is 0 Å². The summed E-state index contributed by atoms with van der Waals surface area (Å²) in [6.07, 6.45) is -3.15. The van der Waals surface area contributed by atoms with Crippen LogP contribution in [0.1, 0.15) is 11.1 Å². The molecule has 0 radical (unpaired) electrons. The highest BCUT2D eigenvalue weighted by Crippen LogP contribution is 2.33. The summed E-state index contributed by atoms with van der Waals surface area (Å²) in [6.45, 7) is 1.68. The number of hydrogen-bond donors (Lipinski definition) is 1. The molecule has 32 heavy (non-hydrogen) atoms. The van der Waals surface area contributed by atoms with Crippen LogP contribution in [0.5, 0.6) is 0 Å². The number of alkyl halides is 3. The predicted octanol–water partition coefficient (Wildman–Crippen LogP) is 3.70.